The van der Waals surface area contributed by atoms with Gasteiger partial charge in [0.2, 0.25) is 11.8 Å². The Kier molecular flexibility index (Phi) is 5.93. The third kappa shape index (κ3) is 5.14. The van der Waals surface area contributed by atoms with E-state index in [4.69, 9.17) is 0 Å². The standard InChI is InChI=1S/C11H22N4O2/c1-12-10(16)3-6-14(2)11(17)9-15-7-4-13-5-8-15/h13H,3-9H2,1-2H3,(H,12,16). The van der Waals surface area contributed by atoms with Crippen LogP contribution < -0.4 is 10.6 Å². The number of hydrogen-bond acceptors (Lipinski definition) is 4. The molecule has 1 fully saturated rings. The first-order chi connectivity index (χ1) is 8.13. The highest BCUT2D eigenvalue weighted by atomic mass is 16.2. The smallest absolute Gasteiger partial charge is 0.236 e. The van der Waals surface area contributed by atoms with E-state index < -0.39 is 0 Å². The summed E-state index contributed by atoms with van der Waals surface area (Å²) >= 11 is 0. The molecule has 17 heavy (non-hydrogen) atoms. The van der Waals surface area contributed by atoms with Crippen molar-refractivity contribution in [3.63, 3.8) is 0 Å². The van der Waals surface area contributed by atoms with E-state index in [0.717, 1.165) is 26.2 Å². The molecule has 0 aliphatic carbocycles. The molecule has 1 heterocycles. The summed E-state index contributed by atoms with van der Waals surface area (Å²) < 4.78 is 0. The molecule has 1 aliphatic heterocycles. The average Bonchev–Trinajstić information content (AvgIpc) is 2.36. The van der Waals surface area contributed by atoms with Crippen LogP contribution in [0.2, 0.25) is 0 Å². The van der Waals surface area contributed by atoms with Crippen molar-refractivity contribution in [1.82, 2.24) is 20.4 Å². The van der Waals surface area contributed by atoms with E-state index in [2.05, 4.69) is 15.5 Å². The van der Waals surface area contributed by atoms with Gasteiger partial charge in [0.15, 0.2) is 0 Å². The van der Waals surface area contributed by atoms with Crippen LogP contribution in [0.4, 0.5) is 0 Å². The first-order valence-corrected chi connectivity index (χ1v) is 6.01. The summed E-state index contributed by atoms with van der Waals surface area (Å²) in [5.41, 5.74) is 0. The summed E-state index contributed by atoms with van der Waals surface area (Å²) in [6.45, 7) is 4.63. The molecule has 1 rings (SSSR count). The SMILES string of the molecule is CNC(=O)CCN(C)C(=O)CN1CCNCC1. The van der Waals surface area contributed by atoms with E-state index in [9.17, 15) is 9.59 Å². The molecule has 0 spiro atoms. The van der Waals surface area contributed by atoms with Crippen LogP contribution in [0.15, 0.2) is 0 Å². The van der Waals surface area contributed by atoms with Gasteiger partial charge in [0.25, 0.3) is 0 Å². The van der Waals surface area contributed by atoms with E-state index >= 15 is 0 Å². The molecule has 6 heteroatoms. The normalized spacial score (nSPS) is 16.6. The maximum atomic E-state index is 11.8. The highest BCUT2D eigenvalue weighted by Crippen LogP contribution is 1.96. The van der Waals surface area contributed by atoms with Crippen LogP contribution in [0.25, 0.3) is 0 Å². The van der Waals surface area contributed by atoms with Crippen molar-refractivity contribution >= 4 is 11.8 Å². The van der Waals surface area contributed by atoms with Crippen molar-refractivity contribution in [1.29, 1.82) is 0 Å². The van der Waals surface area contributed by atoms with Crippen LogP contribution in [0.5, 0.6) is 0 Å². The van der Waals surface area contributed by atoms with E-state index in [0.29, 0.717) is 19.5 Å². The predicted octanol–water partition coefficient (Wildman–Crippen LogP) is -1.51. The first kappa shape index (κ1) is 13.9. The molecule has 6 nitrogen and oxygen atoms in total. The van der Waals surface area contributed by atoms with Crippen molar-refractivity contribution in [2.75, 3.05) is 53.4 Å². The van der Waals surface area contributed by atoms with Crippen LogP contribution in [-0.4, -0.2) is 75.0 Å². The molecule has 2 N–H and O–H groups in total. The van der Waals surface area contributed by atoms with Crippen molar-refractivity contribution in [3.8, 4) is 0 Å². The van der Waals surface area contributed by atoms with Gasteiger partial charge in [-0.05, 0) is 0 Å². The van der Waals surface area contributed by atoms with Gasteiger partial charge in [-0.1, -0.05) is 0 Å². The summed E-state index contributed by atoms with van der Waals surface area (Å²) in [5, 5.41) is 5.79. The molecule has 1 saturated heterocycles. The molecule has 98 valence electrons. The Labute approximate surface area is 102 Å². The molecule has 0 aromatic rings. The maximum Gasteiger partial charge on any atom is 0.236 e. The number of hydrogen-bond donors (Lipinski definition) is 2. The molecular weight excluding hydrogens is 220 g/mol. The molecular formula is C11H22N4O2. The third-order valence-corrected chi connectivity index (χ3v) is 2.95. The second-order valence-electron chi connectivity index (χ2n) is 4.26. The minimum absolute atomic E-state index is 0.0353. The van der Waals surface area contributed by atoms with Gasteiger partial charge in [-0.2, -0.15) is 0 Å². The Morgan fingerprint density at radius 2 is 2.00 bits per heavy atom. The van der Waals surface area contributed by atoms with Crippen molar-refractivity contribution in [2.24, 2.45) is 0 Å². The fraction of sp³-hybridized carbons (Fsp3) is 0.818. The second-order valence-corrected chi connectivity index (χ2v) is 4.26. The predicted molar refractivity (Wildman–Crippen MR) is 65.6 cm³/mol. The Hall–Kier alpha value is -1.14. The first-order valence-electron chi connectivity index (χ1n) is 6.01. The Bertz CT molecular complexity index is 264. The number of nitrogens with zero attached hydrogens (tertiary/aromatic N) is 2. The molecule has 0 unspecified atom stereocenters. The van der Waals surface area contributed by atoms with E-state index in [1.165, 1.54) is 0 Å². The monoisotopic (exact) mass is 242 g/mol. The number of rotatable bonds is 5. The lowest BCUT2D eigenvalue weighted by atomic mass is 10.3. The quantitative estimate of drug-likeness (QED) is 0.615. The molecule has 0 bridgehead atoms. The van der Waals surface area contributed by atoms with E-state index in [1.807, 2.05) is 0 Å². The van der Waals surface area contributed by atoms with E-state index in [-0.39, 0.29) is 11.8 Å². The van der Waals surface area contributed by atoms with Crippen molar-refractivity contribution in [3.05, 3.63) is 0 Å². The Morgan fingerprint density at radius 3 is 2.59 bits per heavy atom. The second kappa shape index (κ2) is 7.24. The number of carbonyl (C=O) groups is 2. The van der Waals surface area contributed by atoms with Gasteiger partial charge in [-0.15, -0.1) is 0 Å². The van der Waals surface area contributed by atoms with Gasteiger partial charge in [0.1, 0.15) is 0 Å². The lowest BCUT2D eigenvalue weighted by Gasteiger charge is -2.28. The van der Waals surface area contributed by atoms with Crippen LogP contribution in [0.1, 0.15) is 6.42 Å². The fourth-order valence-corrected chi connectivity index (χ4v) is 1.70. The average molecular weight is 242 g/mol. The summed E-state index contributed by atoms with van der Waals surface area (Å²) in [5.74, 6) is 0.0441. The maximum absolute atomic E-state index is 11.8. The van der Waals surface area contributed by atoms with Crippen LogP contribution in [0, 0.1) is 0 Å². The molecule has 0 aromatic heterocycles. The fourth-order valence-electron chi connectivity index (χ4n) is 1.70. The summed E-state index contributed by atoms with van der Waals surface area (Å²) in [6, 6.07) is 0. The topological polar surface area (TPSA) is 64.7 Å². The number of amides is 2. The Morgan fingerprint density at radius 1 is 1.35 bits per heavy atom. The molecule has 0 saturated carbocycles. The highest BCUT2D eigenvalue weighted by Gasteiger charge is 2.16. The van der Waals surface area contributed by atoms with Gasteiger partial charge in [0, 0.05) is 53.2 Å². The zero-order valence-corrected chi connectivity index (χ0v) is 10.7. The van der Waals surface area contributed by atoms with Crippen LogP contribution in [0.3, 0.4) is 0 Å². The lowest BCUT2D eigenvalue weighted by molar-refractivity contribution is -0.131. The summed E-state index contributed by atoms with van der Waals surface area (Å²) in [4.78, 5) is 26.7. The third-order valence-electron chi connectivity index (χ3n) is 2.95. The van der Waals surface area contributed by atoms with Crippen LogP contribution >= 0.6 is 0 Å². The van der Waals surface area contributed by atoms with Crippen LogP contribution in [-0.2, 0) is 9.59 Å². The lowest BCUT2D eigenvalue weighted by Crippen LogP contribution is -2.48. The van der Waals surface area contributed by atoms with Gasteiger partial charge in [-0.25, -0.2) is 0 Å². The number of nitrogens with one attached hydrogen (secondary N) is 2. The number of likely N-dealkylation sites (N-methyl/N-ethyl adjacent to an activating group) is 1. The van der Waals surface area contributed by atoms with Gasteiger partial charge < -0.3 is 15.5 Å². The van der Waals surface area contributed by atoms with Gasteiger partial charge >= 0.3 is 0 Å². The molecule has 2 amide bonds. The molecule has 0 aromatic carbocycles. The highest BCUT2D eigenvalue weighted by molar-refractivity contribution is 5.80. The summed E-state index contributed by atoms with van der Waals surface area (Å²) in [6.07, 6.45) is 0.361. The van der Waals surface area contributed by atoms with Gasteiger partial charge in [0.05, 0.1) is 6.54 Å². The van der Waals surface area contributed by atoms with E-state index in [1.54, 1.807) is 19.0 Å². The van der Waals surface area contributed by atoms with Crippen molar-refractivity contribution in [2.45, 2.75) is 6.42 Å². The van der Waals surface area contributed by atoms with Gasteiger partial charge in [-0.3, -0.25) is 14.5 Å². The molecule has 0 atom stereocenters. The molecule has 1 aliphatic rings. The minimum atomic E-state index is -0.0353. The van der Waals surface area contributed by atoms with Crippen molar-refractivity contribution < 1.29 is 9.59 Å². The molecule has 0 radical (unpaired) electrons. The minimum Gasteiger partial charge on any atom is -0.359 e. The number of carbonyl (C=O) groups excluding carboxylic acids is 2. The number of piperazine rings is 1. The zero-order valence-electron chi connectivity index (χ0n) is 10.7. The zero-order chi connectivity index (χ0) is 12.7. The Balaban J connectivity index is 2.23. The summed E-state index contributed by atoms with van der Waals surface area (Å²) in [7, 11) is 3.35. The largest absolute Gasteiger partial charge is 0.359 e.